The van der Waals surface area contributed by atoms with Crippen LogP contribution in [0.1, 0.15) is 23.1 Å². The van der Waals surface area contributed by atoms with Gasteiger partial charge in [-0.15, -0.1) is 28.0 Å². The number of aromatic nitrogens is 2. The smallest absolute Gasteiger partial charge is 0.318 e. The lowest BCUT2D eigenvalue weighted by atomic mass is 10.4. The first-order valence-electron chi connectivity index (χ1n) is 4.98. The molecule has 0 spiro atoms. The van der Waals surface area contributed by atoms with Crippen molar-refractivity contribution in [3.63, 3.8) is 0 Å². The molecule has 2 aromatic heterocycles. The van der Waals surface area contributed by atoms with Crippen LogP contribution in [0.3, 0.4) is 0 Å². The van der Waals surface area contributed by atoms with Gasteiger partial charge in [0.1, 0.15) is 5.38 Å². The van der Waals surface area contributed by atoms with E-state index in [1.807, 2.05) is 17.3 Å². The summed E-state index contributed by atoms with van der Waals surface area (Å²) in [4.78, 5) is 3.12. The maximum absolute atomic E-state index is 5.87. The molecule has 0 amide bonds. The molecule has 0 bridgehead atoms. The average molecular weight is 337 g/mol. The quantitative estimate of drug-likeness (QED) is 0.796. The van der Waals surface area contributed by atoms with Gasteiger partial charge in [0.2, 0.25) is 5.89 Å². The summed E-state index contributed by atoms with van der Waals surface area (Å²) in [5, 5.41) is 9.63. The second kappa shape index (κ2) is 5.37. The third-order valence-electron chi connectivity index (χ3n) is 2.11. The van der Waals surface area contributed by atoms with Crippen molar-refractivity contribution in [2.24, 2.45) is 0 Å². The Labute approximate surface area is 117 Å². The molecule has 0 saturated carbocycles. The van der Waals surface area contributed by atoms with E-state index in [0.29, 0.717) is 11.9 Å². The van der Waals surface area contributed by atoms with Gasteiger partial charge in [-0.25, -0.2) is 0 Å². The third-order valence-corrected chi connectivity index (χ3v) is 3.98. The molecule has 0 aliphatic heterocycles. The predicted octanol–water partition coefficient (Wildman–Crippen LogP) is 3.83. The number of halogens is 2. The van der Waals surface area contributed by atoms with Gasteiger partial charge in [-0.1, -0.05) is 5.10 Å². The second-order valence-electron chi connectivity index (χ2n) is 3.63. The van der Waals surface area contributed by atoms with Crippen molar-refractivity contribution in [2.75, 3.05) is 11.9 Å². The lowest BCUT2D eigenvalue weighted by Gasteiger charge is -2.11. The highest BCUT2D eigenvalue weighted by molar-refractivity contribution is 9.10. The van der Waals surface area contributed by atoms with Crippen molar-refractivity contribution in [1.29, 1.82) is 0 Å². The first kappa shape index (κ1) is 12.9. The summed E-state index contributed by atoms with van der Waals surface area (Å²) in [7, 11) is 1.91. The van der Waals surface area contributed by atoms with Crippen LogP contribution in [0, 0.1) is 0 Å². The Morgan fingerprint density at radius 2 is 2.35 bits per heavy atom. The maximum Gasteiger partial charge on any atom is 0.318 e. The monoisotopic (exact) mass is 335 g/mol. The lowest BCUT2D eigenvalue weighted by Crippen LogP contribution is -2.15. The van der Waals surface area contributed by atoms with E-state index < -0.39 is 0 Å². The van der Waals surface area contributed by atoms with Crippen LogP contribution in [-0.2, 0) is 6.54 Å². The van der Waals surface area contributed by atoms with Crippen molar-refractivity contribution in [3.05, 3.63) is 26.7 Å². The predicted molar refractivity (Wildman–Crippen MR) is 72.7 cm³/mol. The van der Waals surface area contributed by atoms with Gasteiger partial charge in [0, 0.05) is 21.8 Å². The third kappa shape index (κ3) is 3.20. The lowest BCUT2D eigenvalue weighted by molar-refractivity contribution is 0.490. The molecule has 1 unspecified atom stereocenters. The van der Waals surface area contributed by atoms with E-state index in [4.69, 9.17) is 16.0 Å². The van der Waals surface area contributed by atoms with Crippen molar-refractivity contribution in [2.45, 2.75) is 18.8 Å². The number of hydrogen-bond acceptors (Lipinski definition) is 5. The van der Waals surface area contributed by atoms with Crippen molar-refractivity contribution in [1.82, 2.24) is 10.2 Å². The van der Waals surface area contributed by atoms with Crippen molar-refractivity contribution < 1.29 is 4.42 Å². The van der Waals surface area contributed by atoms with Gasteiger partial charge in [-0.2, -0.15) is 0 Å². The number of hydrogen-bond donors (Lipinski definition) is 0. The normalized spacial score (nSPS) is 12.7. The molecule has 0 aliphatic carbocycles. The molecular formula is C10H11BrClN3OS. The minimum Gasteiger partial charge on any atom is -0.406 e. The summed E-state index contributed by atoms with van der Waals surface area (Å²) in [5.41, 5.74) is 0. The molecule has 0 aromatic carbocycles. The van der Waals surface area contributed by atoms with E-state index in [9.17, 15) is 0 Å². The Balaban J connectivity index is 2.06. The van der Waals surface area contributed by atoms with Gasteiger partial charge in [0.05, 0.1) is 6.54 Å². The van der Waals surface area contributed by atoms with E-state index in [1.165, 1.54) is 4.88 Å². The average Bonchev–Trinajstić information content (AvgIpc) is 2.86. The molecule has 0 saturated heterocycles. The number of rotatable bonds is 4. The molecule has 0 fully saturated rings. The highest BCUT2D eigenvalue weighted by atomic mass is 79.9. The van der Waals surface area contributed by atoms with Gasteiger partial charge in [-0.3, -0.25) is 0 Å². The molecule has 0 radical (unpaired) electrons. The zero-order valence-electron chi connectivity index (χ0n) is 9.35. The number of alkyl halides is 1. The number of nitrogens with zero attached hydrogens (tertiary/aromatic N) is 3. The van der Waals surface area contributed by atoms with Gasteiger partial charge < -0.3 is 9.32 Å². The minimum atomic E-state index is -0.263. The van der Waals surface area contributed by atoms with Crippen molar-refractivity contribution in [3.8, 4) is 0 Å². The van der Waals surface area contributed by atoms with Crippen LogP contribution in [0.2, 0.25) is 0 Å². The molecular weight excluding hydrogens is 326 g/mol. The molecule has 0 aliphatic rings. The fourth-order valence-corrected chi connectivity index (χ4v) is 2.87. The summed E-state index contributed by atoms with van der Waals surface area (Å²) in [6.45, 7) is 2.53. The summed E-state index contributed by atoms with van der Waals surface area (Å²) in [6, 6.07) is 2.56. The Bertz CT molecular complexity index is 499. The van der Waals surface area contributed by atoms with Crippen LogP contribution in [0.5, 0.6) is 0 Å². The minimum absolute atomic E-state index is 0.263. The Hall–Kier alpha value is -0.590. The Kier molecular flexibility index (Phi) is 4.06. The molecule has 2 heterocycles. The van der Waals surface area contributed by atoms with Crippen LogP contribution in [0.15, 0.2) is 20.3 Å². The van der Waals surface area contributed by atoms with Crippen LogP contribution < -0.4 is 4.90 Å². The number of anilines is 1. The topological polar surface area (TPSA) is 42.2 Å². The second-order valence-corrected chi connectivity index (χ2v) is 6.19. The molecule has 17 heavy (non-hydrogen) atoms. The van der Waals surface area contributed by atoms with Gasteiger partial charge in [0.25, 0.3) is 0 Å². The fourth-order valence-electron chi connectivity index (χ4n) is 1.28. The van der Waals surface area contributed by atoms with E-state index in [2.05, 4.69) is 32.2 Å². The largest absolute Gasteiger partial charge is 0.406 e. The first-order chi connectivity index (χ1) is 8.06. The molecule has 2 aromatic rings. The van der Waals surface area contributed by atoms with Crippen LogP contribution in [-0.4, -0.2) is 17.2 Å². The maximum atomic E-state index is 5.87. The van der Waals surface area contributed by atoms with Gasteiger partial charge in [-0.05, 0) is 28.9 Å². The molecule has 92 valence electrons. The fraction of sp³-hybridized carbons (Fsp3) is 0.400. The standard InChI is InChI=1S/C10H11BrClN3OS/c1-6(12)9-13-14-10(16-9)15(2)4-8-3-7(11)5-17-8/h3,5-6H,4H2,1-2H3. The van der Waals surface area contributed by atoms with E-state index >= 15 is 0 Å². The van der Waals surface area contributed by atoms with Crippen molar-refractivity contribution >= 4 is 44.9 Å². The van der Waals surface area contributed by atoms with Crippen LogP contribution in [0.4, 0.5) is 6.01 Å². The highest BCUT2D eigenvalue weighted by Crippen LogP contribution is 2.24. The summed E-state index contributed by atoms with van der Waals surface area (Å²) in [5.74, 6) is 0.445. The van der Waals surface area contributed by atoms with Crippen LogP contribution >= 0.6 is 38.9 Å². The van der Waals surface area contributed by atoms with Crippen LogP contribution in [0.25, 0.3) is 0 Å². The molecule has 7 heteroatoms. The Morgan fingerprint density at radius 1 is 1.59 bits per heavy atom. The number of thiophene rings is 1. The SMILES string of the molecule is CC(Cl)c1nnc(N(C)Cc2cc(Br)cs2)o1. The summed E-state index contributed by atoms with van der Waals surface area (Å²) >= 11 is 11.0. The highest BCUT2D eigenvalue weighted by Gasteiger charge is 2.14. The molecule has 4 nitrogen and oxygen atoms in total. The van der Waals surface area contributed by atoms with E-state index in [-0.39, 0.29) is 5.38 Å². The van der Waals surface area contributed by atoms with Gasteiger partial charge >= 0.3 is 6.01 Å². The zero-order valence-corrected chi connectivity index (χ0v) is 12.5. The molecule has 2 rings (SSSR count). The Morgan fingerprint density at radius 3 is 2.88 bits per heavy atom. The zero-order chi connectivity index (χ0) is 12.4. The summed E-state index contributed by atoms with van der Waals surface area (Å²) in [6.07, 6.45) is 0. The van der Waals surface area contributed by atoms with E-state index in [1.54, 1.807) is 18.3 Å². The van der Waals surface area contributed by atoms with Gasteiger partial charge in [0.15, 0.2) is 0 Å². The molecule has 0 N–H and O–H groups in total. The first-order valence-corrected chi connectivity index (χ1v) is 7.08. The molecule has 1 atom stereocenters. The van der Waals surface area contributed by atoms with E-state index in [0.717, 1.165) is 11.0 Å². The summed E-state index contributed by atoms with van der Waals surface area (Å²) < 4.78 is 6.54.